The minimum absolute atomic E-state index is 0.0701. The van der Waals surface area contributed by atoms with Gasteiger partial charge in [0.2, 0.25) is 5.95 Å². The Labute approximate surface area is 161 Å². The van der Waals surface area contributed by atoms with Gasteiger partial charge in [-0.15, -0.1) is 0 Å². The molecule has 4 rings (SSSR count). The van der Waals surface area contributed by atoms with E-state index in [1.165, 1.54) is 11.3 Å². The molecule has 3 aromatic rings. The van der Waals surface area contributed by atoms with Gasteiger partial charge < -0.3 is 10.2 Å². The van der Waals surface area contributed by atoms with Crippen LogP contribution in [-0.2, 0) is 6.42 Å². The van der Waals surface area contributed by atoms with E-state index in [0.29, 0.717) is 0 Å². The molecular formula is C23H26N4. The molecule has 1 aliphatic rings. The zero-order valence-electron chi connectivity index (χ0n) is 16.2. The summed E-state index contributed by atoms with van der Waals surface area (Å²) in [5.74, 6) is 1.62. The Balaban J connectivity index is 1.82. The molecule has 138 valence electrons. The number of aromatic nitrogens is 2. The van der Waals surface area contributed by atoms with Gasteiger partial charge in [0, 0.05) is 29.4 Å². The van der Waals surface area contributed by atoms with Gasteiger partial charge in [0.15, 0.2) is 0 Å². The maximum atomic E-state index is 4.93. The number of hydrogen-bond donors (Lipinski definition) is 1. The largest absolute Gasteiger partial charge is 0.365 e. The van der Waals surface area contributed by atoms with Gasteiger partial charge in [-0.25, -0.2) is 4.98 Å². The summed E-state index contributed by atoms with van der Waals surface area (Å²) in [5.41, 5.74) is 4.55. The van der Waals surface area contributed by atoms with Gasteiger partial charge in [0.1, 0.15) is 5.82 Å². The molecule has 0 bridgehead atoms. The summed E-state index contributed by atoms with van der Waals surface area (Å²) in [4.78, 5) is 12.1. The maximum Gasteiger partial charge on any atom is 0.232 e. The van der Waals surface area contributed by atoms with E-state index in [4.69, 9.17) is 9.97 Å². The number of nitrogens with zero attached hydrogens (tertiary/aromatic N) is 3. The molecule has 27 heavy (non-hydrogen) atoms. The number of benzene rings is 2. The van der Waals surface area contributed by atoms with Crippen LogP contribution in [-0.4, -0.2) is 22.1 Å². The average molecular weight is 358 g/mol. The van der Waals surface area contributed by atoms with Crippen LogP contribution in [0.5, 0.6) is 0 Å². The maximum absolute atomic E-state index is 4.93. The van der Waals surface area contributed by atoms with Crippen molar-refractivity contribution < 1.29 is 0 Å². The molecule has 1 aliphatic heterocycles. The average Bonchev–Trinajstić information content (AvgIpc) is 2.66. The third-order valence-corrected chi connectivity index (χ3v) is 4.64. The predicted octanol–water partition coefficient (Wildman–Crippen LogP) is 5.44. The second-order valence-electron chi connectivity index (χ2n) is 8.06. The fraction of sp³-hybridized carbons (Fsp3) is 0.304. The van der Waals surface area contributed by atoms with Gasteiger partial charge in [-0.2, -0.15) is 4.98 Å². The number of nitrogens with one attached hydrogen (secondary N) is 1. The Bertz CT molecular complexity index is 929. The fourth-order valence-corrected chi connectivity index (χ4v) is 3.50. The Hall–Kier alpha value is -2.88. The van der Waals surface area contributed by atoms with Crippen LogP contribution in [0.3, 0.4) is 0 Å². The lowest BCUT2D eigenvalue weighted by atomic mass is 10.0. The summed E-state index contributed by atoms with van der Waals surface area (Å²) in [5, 5.41) is 3.52. The monoisotopic (exact) mass is 358 g/mol. The highest BCUT2D eigenvalue weighted by Crippen LogP contribution is 2.33. The van der Waals surface area contributed by atoms with E-state index >= 15 is 0 Å². The molecular weight excluding hydrogens is 332 g/mol. The van der Waals surface area contributed by atoms with Gasteiger partial charge in [-0.1, -0.05) is 48.5 Å². The van der Waals surface area contributed by atoms with E-state index in [9.17, 15) is 0 Å². The smallest absolute Gasteiger partial charge is 0.232 e. The van der Waals surface area contributed by atoms with Crippen molar-refractivity contribution in [2.45, 2.75) is 39.2 Å². The van der Waals surface area contributed by atoms with Crippen molar-refractivity contribution in [2.75, 3.05) is 16.8 Å². The van der Waals surface area contributed by atoms with E-state index in [2.05, 4.69) is 67.4 Å². The number of rotatable bonds is 3. The highest BCUT2D eigenvalue weighted by atomic mass is 15.3. The van der Waals surface area contributed by atoms with Crippen LogP contribution in [0.25, 0.3) is 11.3 Å². The van der Waals surface area contributed by atoms with Crippen molar-refractivity contribution in [1.82, 2.24) is 9.97 Å². The number of hydrogen-bond acceptors (Lipinski definition) is 4. The number of aryl methyl sites for hydroxylation is 1. The Morgan fingerprint density at radius 1 is 0.926 bits per heavy atom. The fourth-order valence-electron chi connectivity index (χ4n) is 3.50. The molecule has 0 fully saturated rings. The van der Waals surface area contributed by atoms with E-state index in [1.807, 2.05) is 24.3 Å². The van der Waals surface area contributed by atoms with Crippen molar-refractivity contribution in [3.05, 3.63) is 66.2 Å². The molecule has 0 amide bonds. The van der Waals surface area contributed by atoms with Gasteiger partial charge >= 0.3 is 0 Å². The number of anilines is 3. The molecule has 2 heterocycles. The van der Waals surface area contributed by atoms with E-state index in [0.717, 1.165) is 42.4 Å². The first-order chi connectivity index (χ1) is 13.0. The van der Waals surface area contributed by atoms with Crippen LogP contribution in [0.15, 0.2) is 60.7 Å². The summed E-state index contributed by atoms with van der Waals surface area (Å²) in [7, 11) is 0. The summed E-state index contributed by atoms with van der Waals surface area (Å²) < 4.78 is 0. The first-order valence-corrected chi connectivity index (χ1v) is 9.58. The van der Waals surface area contributed by atoms with Crippen LogP contribution in [0.1, 0.15) is 32.8 Å². The molecule has 0 spiro atoms. The number of fused-ring (bicyclic) bond motifs is 1. The molecule has 4 nitrogen and oxygen atoms in total. The van der Waals surface area contributed by atoms with Gasteiger partial charge in [0.05, 0.1) is 5.69 Å². The summed E-state index contributed by atoms with van der Waals surface area (Å²) in [6.45, 7) is 7.37. The molecule has 0 atom stereocenters. The highest BCUT2D eigenvalue weighted by molar-refractivity contribution is 5.69. The molecule has 4 heteroatoms. The van der Waals surface area contributed by atoms with Crippen LogP contribution in [0.2, 0.25) is 0 Å². The third-order valence-electron chi connectivity index (χ3n) is 4.64. The minimum atomic E-state index is -0.0701. The van der Waals surface area contributed by atoms with Gasteiger partial charge in [-0.3, -0.25) is 0 Å². The van der Waals surface area contributed by atoms with E-state index in [1.54, 1.807) is 0 Å². The van der Waals surface area contributed by atoms with E-state index in [-0.39, 0.29) is 5.54 Å². The summed E-state index contributed by atoms with van der Waals surface area (Å²) in [6.07, 6.45) is 2.22. The Morgan fingerprint density at radius 3 is 2.44 bits per heavy atom. The van der Waals surface area contributed by atoms with Crippen molar-refractivity contribution in [3.8, 4) is 11.3 Å². The van der Waals surface area contributed by atoms with Crippen LogP contribution < -0.4 is 10.2 Å². The normalized spacial score (nSPS) is 14.0. The van der Waals surface area contributed by atoms with Gasteiger partial charge in [0.25, 0.3) is 0 Å². The van der Waals surface area contributed by atoms with E-state index < -0.39 is 0 Å². The SMILES string of the molecule is CC(C)(C)Nc1cc(-c2ccccc2)nc(N2CCCc3ccccc32)n1. The quantitative estimate of drug-likeness (QED) is 0.677. The topological polar surface area (TPSA) is 41.1 Å². The molecule has 1 N–H and O–H groups in total. The number of para-hydroxylation sites is 1. The first-order valence-electron chi connectivity index (χ1n) is 9.58. The molecule has 0 unspecified atom stereocenters. The Kier molecular flexibility index (Phi) is 4.56. The molecule has 2 aromatic carbocycles. The van der Waals surface area contributed by atoms with Crippen molar-refractivity contribution >= 4 is 17.5 Å². The van der Waals surface area contributed by atoms with Crippen LogP contribution in [0, 0.1) is 0 Å². The van der Waals surface area contributed by atoms with Crippen molar-refractivity contribution in [3.63, 3.8) is 0 Å². The van der Waals surface area contributed by atoms with Crippen molar-refractivity contribution in [2.24, 2.45) is 0 Å². The summed E-state index contributed by atoms with van der Waals surface area (Å²) >= 11 is 0. The molecule has 0 radical (unpaired) electrons. The van der Waals surface area contributed by atoms with Gasteiger partial charge in [-0.05, 0) is 45.2 Å². The second kappa shape index (κ2) is 7.03. The predicted molar refractivity (Wildman–Crippen MR) is 113 cm³/mol. The lowest BCUT2D eigenvalue weighted by Gasteiger charge is -2.30. The van der Waals surface area contributed by atoms with Crippen molar-refractivity contribution in [1.29, 1.82) is 0 Å². The minimum Gasteiger partial charge on any atom is -0.365 e. The molecule has 0 aliphatic carbocycles. The van der Waals surface area contributed by atoms with Crippen LogP contribution >= 0.6 is 0 Å². The zero-order chi connectivity index (χ0) is 18.9. The lowest BCUT2D eigenvalue weighted by molar-refractivity contribution is 0.629. The third kappa shape index (κ3) is 3.95. The molecule has 1 aromatic heterocycles. The summed E-state index contributed by atoms with van der Waals surface area (Å²) in [6, 6.07) is 20.9. The zero-order valence-corrected chi connectivity index (χ0v) is 16.2. The first kappa shape index (κ1) is 17.5. The second-order valence-corrected chi connectivity index (χ2v) is 8.06. The lowest BCUT2D eigenvalue weighted by Crippen LogP contribution is -2.29. The molecule has 0 saturated carbocycles. The van der Waals surface area contributed by atoms with Crippen LogP contribution in [0.4, 0.5) is 17.5 Å². The standard InChI is InChI=1S/C23H26N4/c1-23(2,3)26-21-16-19(17-10-5-4-6-11-17)24-22(25-21)27-15-9-13-18-12-7-8-14-20(18)27/h4-8,10-12,14,16H,9,13,15H2,1-3H3,(H,24,25,26). The Morgan fingerprint density at radius 2 is 1.67 bits per heavy atom. The molecule has 0 saturated heterocycles. The highest BCUT2D eigenvalue weighted by Gasteiger charge is 2.22.